The Kier molecular flexibility index (Phi) is 1.84. The van der Waals surface area contributed by atoms with E-state index in [2.05, 4.69) is 10.2 Å². The standard InChI is InChI=1S/C6H4N2O2/c9-6(8-10)5-3-1-2-4-7-5/h1-4H/p+1. The molecule has 0 spiro atoms. The summed E-state index contributed by atoms with van der Waals surface area (Å²) in [6.07, 6.45) is 1.55. The zero-order chi connectivity index (χ0) is 7.40. The Labute approximate surface area is 56.9 Å². The maximum atomic E-state index is 10.5. The molecule has 0 aliphatic rings. The van der Waals surface area contributed by atoms with Gasteiger partial charge in [0.1, 0.15) is 0 Å². The van der Waals surface area contributed by atoms with Gasteiger partial charge in [-0.05, 0) is 6.07 Å². The predicted molar refractivity (Wildman–Crippen MR) is 33.1 cm³/mol. The molecule has 1 N–H and O–H groups in total. The van der Waals surface area contributed by atoms with Crippen LogP contribution in [0.4, 0.5) is 0 Å². The second kappa shape index (κ2) is 2.82. The van der Waals surface area contributed by atoms with E-state index in [4.69, 9.17) is 0 Å². The van der Waals surface area contributed by atoms with E-state index in [1.807, 2.05) is 0 Å². The lowest BCUT2D eigenvalue weighted by atomic mass is 10.3. The number of hydrogen-bond donors (Lipinski definition) is 0. The maximum Gasteiger partial charge on any atom is 0.380 e. The summed E-state index contributed by atoms with van der Waals surface area (Å²) in [5.74, 6) is -0.777. The molecule has 0 aliphatic carbocycles. The van der Waals surface area contributed by atoms with Gasteiger partial charge in [0.2, 0.25) is 0 Å². The summed E-state index contributed by atoms with van der Waals surface area (Å²) in [6.45, 7) is 0. The van der Waals surface area contributed by atoms with Crippen molar-refractivity contribution in [3.05, 3.63) is 35.0 Å². The second-order valence-corrected chi connectivity index (χ2v) is 1.67. The van der Waals surface area contributed by atoms with Crippen LogP contribution in [0, 0.1) is 4.91 Å². The molecule has 0 unspecified atom stereocenters. The Bertz CT molecular complexity index is 245. The number of aromatic nitrogens is 1. The first kappa shape index (κ1) is 6.54. The summed E-state index contributed by atoms with van der Waals surface area (Å²) in [4.78, 5) is 22.8. The Hall–Kier alpha value is -1.58. The highest BCUT2D eigenvalue weighted by molar-refractivity contribution is 5.91. The van der Waals surface area contributed by atoms with Gasteiger partial charge in [-0.15, -0.1) is 4.91 Å². The van der Waals surface area contributed by atoms with Crippen molar-refractivity contribution in [2.75, 3.05) is 0 Å². The topological polar surface area (TPSA) is 60.6 Å². The number of nitrogens with zero attached hydrogens (tertiary/aromatic N) is 1. The van der Waals surface area contributed by atoms with Crippen LogP contribution in [0.25, 0.3) is 0 Å². The van der Waals surface area contributed by atoms with Crippen LogP contribution in [0.5, 0.6) is 0 Å². The smallest absolute Gasteiger partial charge is 0.256 e. The number of hydrogen-bond acceptors (Lipinski definition) is 2. The minimum atomic E-state index is -0.777. The molecular formula is C6H5N2O2+. The number of pyridine rings is 1. The van der Waals surface area contributed by atoms with E-state index in [1.54, 1.807) is 18.3 Å². The number of amides is 1. The first-order valence-electron chi connectivity index (χ1n) is 2.69. The number of aromatic amines is 1. The summed E-state index contributed by atoms with van der Waals surface area (Å²) in [5.41, 5.74) is 0.206. The molecule has 4 nitrogen and oxygen atoms in total. The van der Waals surface area contributed by atoms with E-state index in [9.17, 15) is 9.70 Å². The summed E-state index contributed by atoms with van der Waals surface area (Å²) in [7, 11) is 0. The fourth-order valence-corrected chi connectivity index (χ4v) is 0.576. The molecule has 0 atom stereocenters. The fraction of sp³-hybridized carbons (Fsp3) is 0. The first-order chi connectivity index (χ1) is 4.84. The highest BCUT2D eigenvalue weighted by atomic mass is 16.3. The van der Waals surface area contributed by atoms with Crippen LogP contribution in [-0.4, -0.2) is 5.91 Å². The van der Waals surface area contributed by atoms with Crippen molar-refractivity contribution in [1.82, 2.24) is 0 Å². The summed E-state index contributed by atoms with van der Waals surface area (Å²) >= 11 is 0. The molecule has 50 valence electrons. The molecule has 1 amide bonds. The number of H-pyrrole nitrogens is 1. The molecule has 0 radical (unpaired) electrons. The van der Waals surface area contributed by atoms with Crippen molar-refractivity contribution >= 4 is 5.91 Å². The zero-order valence-corrected chi connectivity index (χ0v) is 5.07. The van der Waals surface area contributed by atoms with Gasteiger partial charge in [0, 0.05) is 17.3 Å². The van der Waals surface area contributed by atoms with Crippen molar-refractivity contribution in [3.63, 3.8) is 0 Å². The minimum absolute atomic E-state index is 0.206. The number of carbonyl (C=O) groups excluding carboxylic acids is 1. The normalized spacial score (nSPS) is 8.80. The SMILES string of the molecule is O=NC(=O)c1cccc[nH+]1. The first-order valence-corrected chi connectivity index (χ1v) is 2.69. The second-order valence-electron chi connectivity index (χ2n) is 1.67. The van der Waals surface area contributed by atoms with Crippen LogP contribution in [0.2, 0.25) is 0 Å². The molecule has 1 heterocycles. The van der Waals surface area contributed by atoms with Crippen molar-refractivity contribution in [3.8, 4) is 0 Å². The van der Waals surface area contributed by atoms with Gasteiger partial charge in [0.05, 0.1) is 0 Å². The van der Waals surface area contributed by atoms with Gasteiger partial charge in [-0.25, -0.2) is 4.98 Å². The van der Waals surface area contributed by atoms with Crippen molar-refractivity contribution in [1.29, 1.82) is 0 Å². The van der Waals surface area contributed by atoms with Crippen molar-refractivity contribution < 1.29 is 9.78 Å². The lowest BCUT2D eigenvalue weighted by Gasteiger charge is -1.79. The molecule has 1 aromatic rings. The van der Waals surface area contributed by atoms with E-state index in [1.165, 1.54) is 6.07 Å². The van der Waals surface area contributed by atoms with E-state index in [0.29, 0.717) is 0 Å². The van der Waals surface area contributed by atoms with Crippen molar-refractivity contribution in [2.24, 2.45) is 5.18 Å². The quantitative estimate of drug-likeness (QED) is 0.526. The minimum Gasteiger partial charge on any atom is -0.256 e. The molecule has 0 saturated heterocycles. The van der Waals surface area contributed by atoms with E-state index >= 15 is 0 Å². The lowest BCUT2D eigenvalue weighted by molar-refractivity contribution is -0.381. The maximum absolute atomic E-state index is 10.5. The summed E-state index contributed by atoms with van der Waals surface area (Å²) in [5, 5.41) is 2.24. The Morgan fingerprint density at radius 1 is 1.50 bits per heavy atom. The molecule has 0 aromatic carbocycles. The number of carbonyl (C=O) groups is 1. The van der Waals surface area contributed by atoms with Crippen LogP contribution in [0.15, 0.2) is 29.6 Å². The number of nitrogens with one attached hydrogen (secondary N) is 1. The van der Waals surface area contributed by atoms with Crippen LogP contribution in [-0.2, 0) is 0 Å². The Morgan fingerprint density at radius 2 is 2.30 bits per heavy atom. The van der Waals surface area contributed by atoms with Gasteiger partial charge in [0.25, 0.3) is 5.69 Å². The van der Waals surface area contributed by atoms with E-state index in [-0.39, 0.29) is 5.69 Å². The average molecular weight is 137 g/mol. The molecule has 0 aliphatic heterocycles. The molecule has 1 rings (SSSR count). The van der Waals surface area contributed by atoms with Crippen molar-refractivity contribution in [2.45, 2.75) is 0 Å². The summed E-state index contributed by atoms with van der Waals surface area (Å²) < 4.78 is 0. The fourth-order valence-electron chi connectivity index (χ4n) is 0.576. The van der Waals surface area contributed by atoms with Gasteiger partial charge in [-0.3, -0.25) is 4.79 Å². The molecule has 4 heteroatoms. The van der Waals surface area contributed by atoms with E-state index in [0.717, 1.165) is 0 Å². The third kappa shape index (κ3) is 1.22. The number of nitroso groups, excluding NO2 is 1. The van der Waals surface area contributed by atoms with Gasteiger partial charge < -0.3 is 0 Å². The highest BCUT2D eigenvalue weighted by Gasteiger charge is 2.10. The molecule has 0 bridgehead atoms. The zero-order valence-electron chi connectivity index (χ0n) is 5.07. The summed E-state index contributed by atoms with van der Waals surface area (Å²) in [6, 6.07) is 4.85. The Balaban J connectivity index is 2.95. The third-order valence-electron chi connectivity index (χ3n) is 1.02. The molecule has 10 heavy (non-hydrogen) atoms. The van der Waals surface area contributed by atoms with Crippen LogP contribution < -0.4 is 4.98 Å². The van der Waals surface area contributed by atoms with Gasteiger partial charge >= 0.3 is 5.91 Å². The van der Waals surface area contributed by atoms with Gasteiger partial charge in [-0.2, -0.15) is 0 Å². The predicted octanol–water partition coefficient (Wildman–Crippen LogP) is 0.407. The molecule has 0 saturated carbocycles. The highest BCUT2D eigenvalue weighted by Crippen LogP contribution is 1.89. The monoisotopic (exact) mass is 137 g/mol. The van der Waals surface area contributed by atoms with Crippen LogP contribution in [0.3, 0.4) is 0 Å². The largest absolute Gasteiger partial charge is 0.380 e. The lowest BCUT2D eigenvalue weighted by Crippen LogP contribution is -2.13. The average Bonchev–Trinajstić information content (AvgIpc) is 2.05. The van der Waals surface area contributed by atoms with E-state index < -0.39 is 5.91 Å². The third-order valence-corrected chi connectivity index (χ3v) is 1.02. The van der Waals surface area contributed by atoms with Crippen LogP contribution in [0.1, 0.15) is 10.5 Å². The Morgan fingerprint density at radius 3 is 2.80 bits per heavy atom. The molecule has 0 fully saturated rings. The van der Waals surface area contributed by atoms with Gasteiger partial charge in [-0.1, -0.05) is 0 Å². The molecular weight excluding hydrogens is 132 g/mol. The van der Waals surface area contributed by atoms with Crippen LogP contribution >= 0.6 is 0 Å². The van der Waals surface area contributed by atoms with Gasteiger partial charge in [0.15, 0.2) is 6.20 Å². The number of rotatable bonds is 1. The molecule has 1 aromatic heterocycles.